The number of nitrogens with zero attached hydrogens (tertiary/aromatic N) is 1. The highest BCUT2D eigenvalue weighted by Crippen LogP contribution is 2.61. The molecule has 3 aromatic rings. The highest BCUT2D eigenvalue weighted by atomic mass is 16.5. The quantitative estimate of drug-likeness (QED) is 0.442. The lowest BCUT2D eigenvalue weighted by atomic mass is 9.55. The molecule has 0 N–H and O–H groups in total. The van der Waals surface area contributed by atoms with Crippen LogP contribution in [-0.2, 0) is 14.3 Å². The summed E-state index contributed by atoms with van der Waals surface area (Å²) in [7, 11) is 0. The highest BCUT2D eigenvalue weighted by molar-refractivity contribution is 6.23. The van der Waals surface area contributed by atoms with Crippen LogP contribution in [0.2, 0.25) is 0 Å². The summed E-state index contributed by atoms with van der Waals surface area (Å²) in [6, 6.07) is 23.0. The minimum atomic E-state index is -0.469. The van der Waals surface area contributed by atoms with Gasteiger partial charge < -0.3 is 4.74 Å². The molecule has 5 nitrogen and oxygen atoms in total. The monoisotopic (exact) mass is 437 g/mol. The van der Waals surface area contributed by atoms with E-state index >= 15 is 0 Å². The summed E-state index contributed by atoms with van der Waals surface area (Å²) in [5, 5.41) is 0. The Morgan fingerprint density at radius 1 is 0.758 bits per heavy atom. The Hall–Kier alpha value is -3.73. The molecule has 2 atom stereocenters. The third kappa shape index (κ3) is 2.75. The molecule has 3 aliphatic carbocycles. The van der Waals surface area contributed by atoms with E-state index in [-0.39, 0.29) is 29.8 Å². The van der Waals surface area contributed by atoms with Gasteiger partial charge in [-0.3, -0.25) is 9.59 Å². The van der Waals surface area contributed by atoms with Crippen molar-refractivity contribution in [3.63, 3.8) is 0 Å². The molecule has 1 aliphatic heterocycles. The van der Waals surface area contributed by atoms with Crippen LogP contribution in [0, 0.1) is 11.8 Å². The summed E-state index contributed by atoms with van der Waals surface area (Å²) < 4.78 is 5.30. The van der Waals surface area contributed by atoms with Gasteiger partial charge in [0.15, 0.2) is 0 Å². The first-order valence-electron chi connectivity index (χ1n) is 11.3. The van der Waals surface area contributed by atoms with Crippen LogP contribution in [-0.4, -0.2) is 23.9 Å². The summed E-state index contributed by atoms with van der Waals surface area (Å²) in [4.78, 5) is 41.3. The smallest absolute Gasteiger partial charge is 0.338 e. The van der Waals surface area contributed by atoms with Gasteiger partial charge in [0.25, 0.3) is 0 Å². The number of anilines is 1. The Bertz CT molecular complexity index is 1210. The fraction of sp³-hybridized carbons (Fsp3) is 0.250. The Morgan fingerprint density at radius 2 is 1.24 bits per heavy atom. The number of ether oxygens (including phenoxy) is 1. The molecule has 0 aromatic heterocycles. The van der Waals surface area contributed by atoms with E-state index < -0.39 is 17.8 Å². The van der Waals surface area contributed by atoms with Crippen LogP contribution < -0.4 is 4.90 Å². The van der Waals surface area contributed by atoms with Crippen molar-refractivity contribution in [2.75, 3.05) is 4.90 Å². The van der Waals surface area contributed by atoms with Crippen molar-refractivity contribution in [1.82, 2.24) is 0 Å². The normalized spacial score (nSPS) is 24.5. The average molecular weight is 437 g/mol. The number of hydrogen-bond donors (Lipinski definition) is 0. The van der Waals surface area contributed by atoms with Gasteiger partial charge in [0.2, 0.25) is 11.8 Å². The van der Waals surface area contributed by atoms with E-state index in [4.69, 9.17) is 4.74 Å². The second kappa shape index (κ2) is 7.14. The van der Waals surface area contributed by atoms with E-state index in [1.807, 2.05) is 24.3 Å². The maximum Gasteiger partial charge on any atom is 0.338 e. The zero-order valence-corrected chi connectivity index (χ0v) is 18.4. The Labute approximate surface area is 192 Å². The van der Waals surface area contributed by atoms with Gasteiger partial charge in [0.05, 0.1) is 29.2 Å². The molecule has 0 radical (unpaired) electrons. The van der Waals surface area contributed by atoms with Gasteiger partial charge in [-0.2, -0.15) is 0 Å². The van der Waals surface area contributed by atoms with E-state index in [0.29, 0.717) is 11.3 Å². The molecule has 33 heavy (non-hydrogen) atoms. The summed E-state index contributed by atoms with van der Waals surface area (Å²) in [5.74, 6) is -2.05. The second-order valence-electron chi connectivity index (χ2n) is 9.28. The first-order chi connectivity index (χ1) is 16.0. The molecule has 0 spiro atoms. The lowest BCUT2D eigenvalue weighted by Crippen LogP contribution is -2.41. The number of benzene rings is 3. The number of rotatable bonds is 3. The van der Waals surface area contributed by atoms with Gasteiger partial charge in [-0.25, -0.2) is 9.69 Å². The highest BCUT2D eigenvalue weighted by Gasteiger charge is 2.61. The van der Waals surface area contributed by atoms with Crippen molar-refractivity contribution in [2.24, 2.45) is 11.8 Å². The number of esters is 1. The predicted molar refractivity (Wildman–Crippen MR) is 123 cm³/mol. The molecule has 0 saturated carbocycles. The molecule has 1 heterocycles. The molecule has 0 unspecified atom stereocenters. The van der Waals surface area contributed by atoms with Crippen molar-refractivity contribution in [3.05, 3.63) is 101 Å². The first-order valence-corrected chi connectivity index (χ1v) is 11.3. The van der Waals surface area contributed by atoms with E-state index in [0.717, 1.165) is 22.3 Å². The van der Waals surface area contributed by atoms with Crippen molar-refractivity contribution >= 4 is 23.5 Å². The fourth-order valence-corrected chi connectivity index (χ4v) is 5.99. The summed E-state index contributed by atoms with van der Waals surface area (Å²) in [6.45, 7) is 3.57. The number of imide groups is 1. The molecular weight excluding hydrogens is 414 g/mol. The number of carbonyl (C=O) groups excluding carboxylic acids is 3. The molecule has 1 saturated heterocycles. The van der Waals surface area contributed by atoms with Crippen molar-refractivity contribution in [2.45, 2.75) is 31.8 Å². The van der Waals surface area contributed by atoms with Crippen molar-refractivity contribution < 1.29 is 19.1 Å². The van der Waals surface area contributed by atoms with Crippen LogP contribution >= 0.6 is 0 Å². The molecule has 2 bridgehead atoms. The molecule has 4 aliphatic rings. The molecule has 164 valence electrons. The average Bonchev–Trinajstić information content (AvgIpc) is 3.09. The number of hydrogen-bond acceptors (Lipinski definition) is 4. The molecular formula is C28H23NO4. The SMILES string of the molecule is CC(C)OC(=O)c1cccc(N2C(=O)[C@@H]3C4c5ccccc5C(c5ccccc54)[C@@H]3C2=O)c1. The lowest BCUT2D eigenvalue weighted by molar-refractivity contribution is -0.122. The lowest BCUT2D eigenvalue weighted by Gasteiger charge is -2.45. The summed E-state index contributed by atoms with van der Waals surface area (Å²) >= 11 is 0. The molecule has 2 amide bonds. The van der Waals surface area contributed by atoms with E-state index in [2.05, 4.69) is 24.3 Å². The van der Waals surface area contributed by atoms with Gasteiger partial charge in [-0.15, -0.1) is 0 Å². The summed E-state index contributed by atoms with van der Waals surface area (Å²) in [5.41, 5.74) is 5.30. The molecule has 5 heteroatoms. The maximum absolute atomic E-state index is 13.8. The molecule has 3 aromatic carbocycles. The van der Waals surface area contributed by atoms with Gasteiger partial charge in [0.1, 0.15) is 0 Å². The largest absolute Gasteiger partial charge is 0.459 e. The van der Waals surface area contributed by atoms with E-state index in [9.17, 15) is 14.4 Å². The fourth-order valence-electron chi connectivity index (χ4n) is 5.99. The number of amides is 2. The van der Waals surface area contributed by atoms with Gasteiger partial charge in [-0.05, 0) is 54.3 Å². The minimum absolute atomic E-state index is 0.150. The Kier molecular flexibility index (Phi) is 4.31. The predicted octanol–water partition coefficient (Wildman–Crippen LogP) is 4.65. The van der Waals surface area contributed by atoms with Crippen LogP contribution in [0.1, 0.15) is 58.3 Å². The minimum Gasteiger partial charge on any atom is -0.459 e. The third-order valence-electron chi connectivity index (χ3n) is 7.13. The van der Waals surface area contributed by atoms with Crippen molar-refractivity contribution in [3.8, 4) is 0 Å². The third-order valence-corrected chi connectivity index (χ3v) is 7.13. The van der Waals surface area contributed by atoms with E-state index in [1.165, 1.54) is 4.90 Å². The van der Waals surface area contributed by atoms with Gasteiger partial charge in [-0.1, -0.05) is 54.6 Å². The number of carbonyl (C=O) groups is 3. The van der Waals surface area contributed by atoms with Crippen LogP contribution in [0.25, 0.3) is 0 Å². The maximum atomic E-state index is 13.8. The summed E-state index contributed by atoms with van der Waals surface area (Å²) in [6.07, 6.45) is -0.258. The zero-order chi connectivity index (χ0) is 22.9. The second-order valence-corrected chi connectivity index (χ2v) is 9.28. The van der Waals surface area contributed by atoms with Gasteiger partial charge >= 0.3 is 5.97 Å². The van der Waals surface area contributed by atoms with Crippen LogP contribution in [0.3, 0.4) is 0 Å². The molecule has 7 rings (SSSR count). The van der Waals surface area contributed by atoms with Crippen LogP contribution in [0.4, 0.5) is 5.69 Å². The Balaban J connectivity index is 1.46. The van der Waals surface area contributed by atoms with E-state index in [1.54, 1.807) is 38.1 Å². The van der Waals surface area contributed by atoms with Crippen molar-refractivity contribution in [1.29, 1.82) is 0 Å². The Morgan fingerprint density at radius 3 is 1.70 bits per heavy atom. The zero-order valence-electron chi connectivity index (χ0n) is 18.4. The topological polar surface area (TPSA) is 63.7 Å². The first kappa shape index (κ1) is 19.9. The van der Waals surface area contributed by atoms with Crippen LogP contribution in [0.5, 0.6) is 0 Å². The van der Waals surface area contributed by atoms with Gasteiger partial charge in [0, 0.05) is 11.8 Å². The molecule has 1 fully saturated rings. The standard InChI is InChI=1S/C28H23NO4/c1-15(2)33-28(32)16-8-7-9-17(14-16)29-26(30)24-22-18-10-3-4-11-19(18)23(25(24)27(29)31)21-13-6-5-12-20(21)22/h3-15,22-25H,1-2H3/t22?,23?,24-,25+. The van der Waals surface area contributed by atoms with Crippen LogP contribution in [0.15, 0.2) is 72.8 Å².